The van der Waals surface area contributed by atoms with Gasteiger partial charge in [0.05, 0.1) is 6.07 Å². The first-order valence-corrected chi connectivity index (χ1v) is 7.30. The van der Waals surface area contributed by atoms with Crippen molar-refractivity contribution in [2.75, 3.05) is 5.75 Å². The molecule has 2 heterocycles. The summed E-state index contributed by atoms with van der Waals surface area (Å²) in [7, 11) is 0. The van der Waals surface area contributed by atoms with E-state index in [0.717, 1.165) is 23.0 Å². The van der Waals surface area contributed by atoms with Gasteiger partial charge in [0.15, 0.2) is 10.8 Å². The molecule has 1 unspecified atom stereocenters. The molecule has 0 fully saturated rings. The van der Waals surface area contributed by atoms with Crippen LogP contribution in [0.15, 0.2) is 29.6 Å². The van der Waals surface area contributed by atoms with Crippen molar-refractivity contribution in [2.24, 2.45) is 5.73 Å². The van der Waals surface area contributed by atoms with E-state index in [1.807, 2.05) is 35.7 Å². The quantitative estimate of drug-likeness (QED) is 0.646. The number of pyridine rings is 1. The van der Waals surface area contributed by atoms with Gasteiger partial charge in [0, 0.05) is 11.9 Å². The van der Waals surface area contributed by atoms with E-state index in [4.69, 9.17) is 11.0 Å². The Hall–Kier alpha value is -1.58. The Labute approximate surface area is 116 Å². The largest absolute Gasteiger partial charge is 0.313 e. The van der Waals surface area contributed by atoms with Crippen molar-refractivity contribution in [3.63, 3.8) is 0 Å². The van der Waals surface area contributed by atoms with Crippen LogP contribution in [0.4, 0.5) is 0 Å². The molecule has 2 aromatic heterocycles. The fourth-order valence-corrected chi connectivity index (χ4v) is 2.64. The van der Waals surface area contributed by atoms with Crippen LogP contribution in [-0.4, -0.2) is 25.9 Å². The van der Waals surface area contributed by atoms with Gasteiger partial charge in [-0.1, -0.05) is 24.8 Å². The van der Waals surface area contributed by atoms with Crippen molar-refractivity contribution in [1.82, 2.24) is 14.6 Å². The zero-order valence-electron chi connectivity index (χ0n) is 10.9. The molecule has 19 heavy (non-hydrogen) atoms. The van der Waals surface area contributed by atoms with Crippen LogP contribution in [0.25, 0.3) is 5.65 Å². The molecule has 2 aromatic rings. The lowest BCUT2D eigenvalue weighted by molar-refractivity contribution is 0.478. The van der Waals surface area contributed by atoms with Gasteiger partial charge in [-0.05, 0) is 31.4 Å². The van der Waals surface area contributed by atoms with Gasteiger partial charge in [-0.25, -0.2) is 0 Å². The molecular weight excluding hydrogens is 258 g/mol. The molecule has 0 saturated carbocycles. The zero-order valence-corrected chi connectivity index (χ0v) is 11.7. The van der Waals surface area contributed by atoms with E-state index in [9.17, 15) is 0 Å². The zero-order chi connectivity index (χ0) is 13.7. The van der Waals surface area contributed by atoms with Gasteiger partial charge in [-0.2, -0.15) is 5.26 Å². The van der Waals surface area contributed by atoms with E-state index in [2.05, 4.69) is 16.3 Å². The topological polar surface area (TPSA) is 80.0 Å². The highest BCUT2D eigenvalue weighted by Crippen LogP contribution is 2.20. The van der Waals surface area contributed by atoms with E-state index in [0.29, 0.717) is 12.8 Å². The van der Waals surface area contributed by atoms with Crippen molar-refractivity contribution < 1.29 is 0 Å². The first-order chi connectivity index (χ1) is 9.18. The molecule has 100 valence electrons. The van der Waals surface area contributed by atoms with Gasteiger partial charge < -0.3 is 5.73 Å². The highest BCUT2D eigenvalue weighted by atomic mass is 32.2. The Bertz CT molecular complexity index is 588. The minimum Gasteiger partial charge on any atom is -0.313 e. The van der Waals surface area contributed by atoms with Gasteiger partial charge in [-0.3, -0.25) is 4.40 Å². The van der Waals surface area contributed by atoms with Crippen LogP contribution in [0, 0.1) is 11.3 Å². The third-order valence-electron chi connectivity index (χ3n) is 3.13. The number of nitriles is 1. The Morgan fingerprint density at radius 2 is 2.32 bits per heavy atom. The minimum atomic E-state index is -0.687. The van der Waals surface area contributed by atoms with E-state index in [1.54, 1.807) is 11.8 Å². The van der Waals surface area contributed by atoms with Gasteiger partial charge in [-0.15, -0.1) is 10.2 Å². The normalized spacial score (nSPS) is 14.2. The average Bonchev–Trinajstić information content (AvgIpc) is 2.87. The molecule has 0 aliphatic rings. The van der Waals surface area contributed by atoms with Gasteiger partial charge in [0.25, 0.3) is 0 Å². The minimum absolute atomic E-state index is 0.683. The SMILES string of the molecule is CCC(N)(C#N)CCCSc1nnc2ccccn12. The Morgan fingerprint density at radius 3 is 3.05 bits per heavy atom. The van der Waals surface area contributed by atoms with Crippen LogP contribution >= 0.6 is 11.8 Å². The summed E-state index contributed by atoms with van der Waals surface area (Å²) in [6.45, 7) is 1.95. The van der Waals surface area contributed by atoms with Crippen LogP contribution in [0.2, 0.25) is 0 Å². The highest BCUT2D eigenvalue weighted by Gasteiger charge is 2.21. The maximum absolute atomic E-state index is 9.00. The molecule has 0 aliphatic carbocycles. The molecule has 0 aliphatic heterocycles. The molecule has 0 saturated heterocycles. The summed E-state index contributed by atoms with van der Waals surface area (Å²) in [6.07, 6.45) is 4.24. The second-order valence-corrected chi connectivity index (χ2v) is 5.55. The Kier molecular flexibility index (Phi) is 4.40. The maximum atomic E-state index is 9.00. The molecule has 2 rings (SSSR count). The molecule has 0 radical (unpaired) electrons. The monoisotopic (exact) mass is 275 g/mol. The predicted octanol–water partition coefficient (Wildman–Crippen LogP) is 2.23. The maximum Gasteiger partial charge on any atom is 0.195 e. The first-order valence-electron chi connectivity index (χ1n) is 6.31. The summed E-state index contributed by atoms with van der Waals surface area (Å²) in [5.41, 5.74) is 6.11. The van der Waals surface area contributed by atoms with E-state index >= 15 is 0 Å². The predicted molar refractivity (Wildman–Crippen MR) is 75.8 cm³/mol. The van der Waals surface area contributed by atoms with Crippen molar-refractivity contribution >= 4 is 17.4 Å². The number of nitrogens with zero attached hydrogens (tertiary/aromatic N) is 4. The van der Waals surface area contributed by atoms with Crippen LogP contribution in [0.3, 0.4) is 0 Å². The number of rotatable bonds is 6. The molecule has 0 amide bonds. The van der Waals surface area contributed by atoms with E-state index < -0.39 is 5.54 Å². The van der Waals surface area contributed by atoms with Crippen molar-refractivity contribution in [1.29, 1.82) is 5.26 Å². The molecule has 0 aromatic carbocycles. The molecular formula is C13H17N5S. The first kappa shape index (κ1) is 13.8. The standard InChI is InChI=1S/C13H17N5S/c1-2-13(15,10-14)7-5-9-19-12-17-16-11-6-3-4-8-18(11)12/h3-4,6,8H,2,5,7,9,15H2,1H3. The van der Waals surface area contributed by atoms with Crippen LogP contribution in [0.5, 0.6) is 0 Å². The second-order valence-electron chi connectivity index (χ2n) is 4.48. The summed E-state index contributed by atoms with van der Waals surface area (Å²) in [6, 6.07) is 8.01. The third kappa shape index (κ3) is 3.25. The van der Waals surface area contributed by atoms with Gasteiger partial charge in [0.1, 0.15) is 5.54 Å². The molecule has 2 N–H and O–H groups in total. The molecule has 6 heteroatoms. The van der Waals surface area contributed by atoms with Crippen LogP contribution in [-0.2, 0) is 0 Å². The van der Waals surface area contributed by atoms with Gasteiger partial charge in [0.2, 0.25) is 0 Å². The Morgan fingerprint density at radius 1 is 1.47 bits per heavy atom. The fraction of sp³-hybridized carbons (Fsp3) is 0.462. The summed E-state index contributed by atoms with van der Waals surface area (Å²) >= 11 is 1.64. The number of nitrogens with two attached hydrogens (primary N) is 1. The number of hydrogen-bond donors (Lipinski definition) is 1. The molecule has 0 spiro atoms. The highest BCUT2D eigenvalue weighted by molar-refractivity contribution is 7.99. The van der Waals surface area contributed by atoms with Crippen LogP contribution in [0.1, 0.15) is 26.2 Å². The van der Waals surface area contributed by atoms with E-state index in [-0.39, 0.29) is 0 Å². The summed E-state index contributed by atoms with van der Waals surface area (Å²) in [5, 5.41) is 18.1. The molecule has 1 atom stereocenters. The summed E-state index contributed by atoms with van der Waals surface area (Å²) in [5.74, 6) is 0.885. The average molecular weight is 275 g/mol. The summed E-state index contributed by atoms with van der Waals surface area (Å²) < 4.78 is 1.96. The number of thioether (sulfide) groups is 1. The van der Waals surface area contributed by atoms with Crippen molar-refractivity contribution in [3.8, 4) is 6.07 Å². The van der Waals surface area contributed by atoms with Crippen LogP contribution < -0.4 is 5.73 Å². The third-order valence-corrected chi connectivity index (χ3v) is 4.16. The fourth-order valence-electron chi connectivity index (χ4n) is 1.78. The lowest BCUT2D eigenvalue weighted by Crippen LogP contribution is -2.37. The van der Waals surface area contributed by atoms with E-state index in [1.165, 1.54) is 0 Å². The number of hydrogen-bond acceptors (Lipinski definition) is 5. The second kappa shape index (κ2) is 6.04. The molecule has 5 nitrogen and oxygen atoms in total. The lowest BCUT2D eigenvalue weighted by atomic mass is 9.94. The smallest absolute Gasteiger partial charge is 0.195 e. The lowest BCUT2D eigenvalue weighted by Gasteiger charge is -2.18. The van der Waals surface area contributed by atoms with Crippen molar-refractivity contribution in [2.45, 2.75) is 36.9 Å². The van der Waals surface area contributed by atoms with Gasteiger partial charge >= 0.3 is 0 Å². The summed E-state index contributed by atoms with van der Waals surface area (Å²) in [4.78, 5) is 0. The van der Waals surface area contributed by atoms with Crippen molar-refractivity contribution in [3.05, 3.63) is 24.4 Å². The number of fused-ring (bicyclic) bond motifs is 1. The Balaban J connectivity index is 1.88. The molecule has 0 bridgehead atoms. The number of aromatic nitrogens is 3.